The number of aldehydes is 1. The second-order valence-electron chi connectivity index (χ2n) is 20.3. The van der Waals surface area contributed by atoms with Gasteiger partial charge in [0.05, 0.1) is 69.4 Å². The van der Waals surface area contributed by atoms with Crippen LogP contribution in [0.1, 0.15) is 142 Å². The SMILES string of the molecule is C.C=C[C@@H]1CC[C@@H](NC(=O)OC(C)(C)C)CO1.CC(C)(C)OC(=O)N[C@@H]1CC[C@@H](C(=O)O)OC1.CC(C)(C)OC(=O)N[C@@H]1CC[C@@H](C=O)OC1.CC(C)(C)OC(=O)N[C@@H]1CC[C@@H](CO)OC1.[I][V]([I])[I]. The van der Waals surface area contributed by atoms with Crippen LogP contribution in [-0.2, 0) is 52.4 Å². The second-order valence-corrected chi connectivity index (χ2v) is 55.7. The van der Waals surface area contributed by atoms with E-state index in [1.807, 2.05) is 62.3 Å². The molecular weight excluding hydrogens is 1300 g/mol. The number of halogens is 3. The Morgan fingerprint density at radius 3 is 1.07 bits per heavy atom. The van der Waals surface area contributed by atoms with Gasteiger partial charge in [-0.1, -0.05) is 13.5 Å². The molecule has 4 aliphatic rings. The third-order valence-electron chi connectivity index (χ3n) is 9.05. The second kappa shape index (κ2) is 35.7. The molecule has 4 aliphatic heterocycles. The van der Waals surface area contributed by atoms with Gasteiger partial charge in [-0.25, -0.2) is 24.0 Å². The predicted molar refractivity (Wildman–Crippen MR) is 288 cm³/mol. The van der Waals surface area contributed by atoms with Crippen molar-refractivity contribution in [3.05, 3.63) is 12.7 Å². The van der Waals surface area contributed by atoms with Crippen molar-refractivity contribution in [1.29, 1.82) is 0 Å². The third-order valence-corrected chi connectivity index (χ3v) is 9.05. The van der Waals surface area contributed by atoms with Crippen LogP contribution in [0.4, 0.5) is 19.2 Å². The van der Waals surface area contributed by atoms with E-state index in [2.05, 4.69) is 87.8 Å². The number of aliphatic hydroxyl groups excluding tert-OH is 1. The van der Waals surface area contributed by atoms with E-state index in [0.29, 0.717) is 39.1 Å². The van der Waals surface area contributed by atoms with E-state index in [1.165, 1.54) is 0 Å². The number of alkyl carbamates (subject to hydrolysis) is 4. The molecule has 4 heterocycles. The maximum atomic E-state index is 11.5. The van der Waals surface area contributed by atoms with Gasteiger partial charge in [0, 0.05) is 0 Å². The Morgan fingerprint density at radius 2 is 0.857 bits per heavy atom. The number of aliphatic hydroxyl groups is 1. The van der Waals surface area contributed by atoms with Gasteiger partial charge < -0.3 is 74.2 Å². The van der Waals surface area contributed by atoms with Crippen molar-refractivity contribution in [1.82, 2.24) is 21.3 Å². The number of carboxylic acids is 1. The summed E-state index contributed by atoms with van der Waals surface area (Å²) in [6, 6.07) is -0.213. The summed E-state index contributed by atoms with van der Waals surface area (Å²) in [6.07, 6.45) is 5.54. The number of ether oxygens (including phenoxy) is 8. The summed E-state index contributed by atoms with van der Waals surface area (Å²) in [7, 11) is 0. The van der Waals surface area contributed by atoms with E-state index in [4.69, 9.17) is 48.1 Å². The molecule has 0 unspecified atom stereocenters. The first kappa shape index (κ1) is 70.6. The Kier molecular flexibility index (Phi) is 36.0. The Morgan fingerprint density at radius 1 is 0.557 bits per heavy atom. The summed E-state index contributed by atoms with van der Waals surface area (Å²) >= 11 is 7.39. The molecule has 0 aromatic heterocycles. The van der Waals surface area contributed by atoms with Gasteiger partial charge in [0.1, 0.15) is 34.8 Å². The van der Waals surface area contributed by atoms with Gasteiger partial charge in [-0.15, -0.1) is 6.58 Å². The van der Waals surface area contributed by atoms with Crippen LogP contribution >= 0.6 is 59.9 Å². The van der Waals surface area contributed by atoms with Crippen LogP contribution < -0.4 is 21.3 Å². The summed E-state index contributed by atoms with van der Waals surface area (Å²) < 4.78 is 41.7. The molecule has 0 radical (unpaired) electrons. The zero-order valence-corrected chi connectivity index (χ0v) is 50.2. The molecule has 0 bridgehead atoms. The van der Waals surface area contributed by atoms with Crippen LogP contribution in [0.15, 0.2) is 12.7 Å². The molecule has 0 aliphatic carbocycles. The summed E-state index contributed by atoms with van der Waals surface area (Å²) in [5.41, 5.74) is -1.97. The molecule has 4 rings (SSSR count). The third kappa shape index (κ3) is 40.0. The van der Waals surface area contributed by atoms with Crippen molar-refractivity contribution in [2.24, 2.45) is 0 Å². The first-order valence-electron chi connectivity index (χ1n) is 22.9. The van der Waals surface area contributed by atoms with Gasteiger partial charge in [-0.2, -0.15) is 0 Å². The average molecular weight is 1380 g/mol. The average Bonchev–Trinajstić information content (AvgIpc) is 3.19. The molecule has 410 valence electrons. The van der Waals surface area contributed by atoms with Crippen LogP contribution in [0.3, 0.4) is 0 Å². The molecule has 6 N–H and O–H groups in total. The van der Waals surface area contributed by atoms with E-state index in [1.54, 1.807) is 26.8 Å². The zero-order chi connectivity index (χ0) is 53.2. The first-order chi connectivity index (χ1) is 31.7. The van der Waals surface area contributed by atoms with Gasteiger partial charge in [0.2, 0.25) is 0 Å². The Balaban J connectivity index is 0. The zero-order valence-electron chi connectivity index (χ0n) is 42.4. The van der Waals surface area contributed by atoms with Crippen LogP contribution in [0.2, 0.25) is 0 Å². The van der Waals surface area contributed by atoms with Crippen molar-refractivity contribution < 1.29 is 81.8 Å². The van der Waals surface area contributed by atoms with Crippen molar-refractivity contribution in [3.63, 3.8) is 0 Å². The van der Waals surface area contributed by atoms with E-state index in [-0.39, 0.29) is 74.1 Å². The fourth-order valence-electron chi connectivity index (χ4n) is 6.09. The van der Waals surface area contributed by atoms with Crippen molar-refractivity contribution >= 4 is 96.6 Å². The molecule has 20 nitrogen and oxygen atoms in total. The summed E-state index contributed by atoms with van der Waals surface area (Å²) in [5, 5.41) is 28.5. The van der Waals surface area contributed by atoms with Crippen molar-refractivity contribution in [2.45, 2.75) is 213 Å². The van der Waals surface area contributed by atoms with Crippen LogP contribution in [0, 0.1) is 0 Å². The fourth-order valence-corrected chi connectivity index (χ4v) is 6.09. The molecule has 4 fully saturated rings. The Hall–Kier alpha value is -1.47. The minimum absolute atomic E-state index is 0. The van der Waals surface area contributed by atoms with Crippen LogP contribution in [0.5, 0.6) is 0 Å². The van der Waals surface area contributed by atoms with Crippen molar-refractivity contribution in [2.75, 3.05) is 33.0 Å². The van der Waals surface area contributed by atoms with E-state index >= 15 is 0 Å². The monoisotopic (exact) mass is 1380 g/mol. The molecule has 70 heavy (non-hydrogen) atoms. The van der Waals surface area contributed by atoms with Crippen LogP contribution in [-0.4, -0.2) is 151 Å². The molecule has 8 atom stereocenters. The van der Waals surface area contributed by atoms with Gasteiger partial charge in [-0.05, 0) is 134 Å². The fraction of sp³-hybridized carbons (Fsp3) is 0.826. The summed E-state index contributed by atoms with van der Waals surface area (Å²) in [5.74, 6) is -0.958. The number of hydrogen-bond donors (Lipinski definition) is 6. The van der Waals surface area contributed by atoms with Gasteiger partial charge >= 0.3 is 95.2 Å². The Bertz CT molecular complexity index is 1470. The molecule has 4 amide bonds. The van der Waals surface area contributed by atoms with Crippen molar-refractivity contribution in [3.8, 4) is 0 Å². The normalized spacial score (nSPS) is 24.5. The topological polar surface area (TPSA) is 265 Å². The molecule has 0 aromatic carbocycles. The minimum atomic E-state index is -0.958. The summed E-state index contributed by atoms with van der Waals surface area (Å²) in [4.78, 5) is 66.6. The Labute approximate surface area is 454 Å². The summed E-state index contributed by atoms with van der Waals surface area (Å²) in [6.45, 7) is 27.0. The van der Waals surface area contributed by atoms with E-state index < -0.39 is 52.8 Å². The molecular formula is C46H84I3N4O16V. The molecule has 24 heteroatoms. The van der Waals surface area contributed by atoms with Gasteiger partial charge in [0.15, 0.2) is 6.10 Å². The van der Waals surface area contributed by atoms with E-state index in [9.17, 15) is 28.8 Å². The number of aliphatic carboxylic acids is 1. The molecule has 0 saturated carbocycles. The maximum absolute atomic E-state index is 11.5. The first-order valence-corrected chi connectivity index (χ1v) is 36.4. The van der Waals surface area contributed by atoms with Gasteiger partial charge in [0.25, 0.3) is 0 Å². The number of carbonyl (C=O) groups is 6. The van der Waals surface area contributed by atoms with E-state index in [0.717, 1.165) is 38.4 Å². The molecule has 0 spiro atoms. The predicted octanol–water partition coefficient (Wildman–Crippen LogP) is 8.99. The number of carboxylic acid groups (broad SMARTS) is 1. The van der Waals surface area contributed by atoms with Crippen LogP contribution in [0.25, 0.3) is 0 Å². The molecule has 0 aromatic rings. The van der Waals surface area contributed by atoms with Gasteiger partial charge in [-0.3, -0.25) is 0 Å². The quantitative estimate of drug-likeness (QED) is 0.0573. The number of rotatable bonds is 8. The number of hydrogen-bond acceptors (Lipinski definition) is 15. The standard InChI is InChI=1S/C12H21NO3.C11H19NO5.C11H21NO4.C11H19NO4.CH4.3HI.V/c1-5-10-7-6-9(8-15-10)13-11(14)16-12(2,3)4;1-11(2,3)17-10(15)12-7-4-5-8(9(13)14)16-6-7;2*1-11(2,3)16-10(14)12-8-4-5-9(6-13)15-7-8;;;;;/h5,9-10H,1,6-8H2,2-4H3,(H,13,14);7-8H,4-6H2,1-3H3,(H,12,15)(H,13,14);8-9,13H,4-7H2,1-3H3,(H,12,14);6,8-9H,4-5,7H2,1-3H3,(H,12,14);1H4;3*1H;/q;;;;;;;;+3/p-3/t9-,10-;7-,8+;2*8-,9+;;;;;/m1111...../s1. The number of carbonyl (C=O) groups excluding carboxylic acids is 5. The molecule has 4 saturated heterocycles. The number of nitrogens with one attached hydrogen (secondary N) is 4. The number of amides is 4.